The van der Waals surface area contributed by atoms with Crippen LogP contribution in [0.25, 0.3) is 0 Å². The number of nitrogens with one attached hydrogen (secondary N) is 1. The summed E-state index contributed by atoms with van der Waals surface area (Å²) in [5.41, 5.74) is 0.709. The van der Waals surface area contributed by atoms with E-state index in [1.54, 1.807) is 24.5 Å². The maximum Gasteiger partial charge on any atom is 0.159 e. The van der Waals surface area contributed by atoms with Crippen molar-refractivity contribution in [3.8, 4) is 0 Å². The number of hydrogen-bond donors (Lipinski definition) is 1. The van der Waals surface area contributed by atoms with Gasteiger partial charge in [0.05, 0.1) is 9.83 Å². The van der Waals surface area contributed by atoms with Gasteiger partial charge in [0.15, 0.2) is 11.6 Å². The molecule has 1 aromatic heterocycles. The van der Waals surface area contributed by atoms with Gasteiger partial charge in [-0.3, -0.25) is 0 Å². The Hall–Kier alpha value is -0.780. The van der Waals surface area contributed by atoms with Crippen LogP contribution in [-0.2, 0) is 0 Å². The first-order chi connectivity index (χ1) is 8.11. The first-order valence-corrected chi connectivity index (χ1v) is 6.60. The smallest absolute Gasteiger partial charge is 0.159 e. The van der Waals surface area contributed by atoms with E-state index in [0.717, 1.165) is 14.7 Å². The summed E-state index contributed by atoms with van der Waals surface area (Å²) >= 11 is 4.95. The maximum absolute atomic E-state index is 13.2. The molecule has 0 saturated heterocycles. The lowest BCUT2D eigenvalue weighted by atomic mass is 10.1. The number of thiophene rings is 1. The Kier molecular flexibility index (Phi) is 3.91. The van der Waals surface area contributed by atoms with E-state index in [0.29, 0.717) is 5.56 Å². The Bertz CT molecular complexity index is 527. The summed E-state index contributed by atoms with van der Waals surface area (Å²) in [6.45, 7) is 0. The molecule has 1 nitrogen and oxygen atoms in total. The molecule has 0 aliphatic rings. The third kappa shape index (κ3) is 2.73. The summed E-state index contributed by atoms with van der Waals surface area (Å²) in [4.78, 5) is 1.05. The van der Waals surface area contributed by atoms with Crippen LogP contribution >= 0.6 is 27.3 Å². The lowest BCUT2D eigenvalue weighted by Gasteiger charge is -2.15. The molecular formula is C12H10BrF2NS. The second kappa shape index (κ2) is 5.25. The highest BCUT2D eigenvalue weighted by Crippen LogP contribution is 2.31. The Labute approximate surface area is 111 Å². The van der Waals surface area contributed by atoms with Crippen molar-refractivity contribution in [2.75, 3.05) is 7.05 Å². The van der Waals surface area contributed by atoms with E-state index in [1.807, 2.05) is 12.1 Å². The third-order valence-corrected chi connectivity index (χ3v) is 4.13. The van der Waals surface area contributed by atoms with Crippen LogP contribution in [0.4, 0.5) is 8.78 Å². The van der Waals surface area contributed by atoms with Crippen molar-refractivity contribution in [3.63, 3.8) is 0 Å². The molecule has 0 saturated carbocycles. The minimum Gasteiger partial charge on any atom is -0.309 e. The molecule has 0 fully saturated rings. The van der Waals surface area contributed by atoms with E-state index in [-0.39, 0.29) is 6.04 Å². The van der Waals surface area contributed by atoms with E-state index < -0.39 is 11.6 Å². The summed E-state index contributed by atoms with van der Waals surface area (Å²) < 4.78 is 27.1. The van der Waals surface area contributed by atoms with Crippen LogP contribution in [0.1, 0.15) is 16.5 Å². The van der Waals surface area contributed by atoms with Crippen molar-refractivity contribution in [2.24, 2.45) is 0 Å². The minimum atomic E-state index is -0.823. The van der Waals surface area contributed by atoms with Crippen molar-refractivity contribution in [1.82, 2.24) is 5.32 Å². The fourth-order valence-corrected chi connectivity index (χ4v) is 3.21. The molecule has 0 aliphatic heterocycles. The van der Waals surface area contributed by atoms with Gasteiger partial charge in [-0.05, 0) is 52.8 Å². The predicted molar refractivity (Wildman–Crippen MR) is 69.3 cm³/mol. The van der Waals surface area contributed by atoms with Crippen LogP contribution < -0.4 is 5.32 Å². The Balaban J connectivity index is 2.38. The fourth-order valence-electron chi connectivity index (χ4n) is 1.65. The summed E-state index contributed by atoms with van der Waals surface area (Å²) in [5.74, 6) is -1.64. The summed E-state index contributed by atoms with van der Waals surface area (Å²) in [6.07, 6.45) is 0. The molecule has 1 heterocycles. The summed E-state index contributed by atoms with van der Waals surface area (Å²) in [7, 11) is 1.79. The van der Waals surface area contributed by atoms with Gasteiger partial charge in [0.2, 0.25) is 0 Å². The molecule has 0 radical (unpaired) electrons. The zero-order valence-corrected chi connectivity index (χ0v) is 11.4. The van der Waals surface area contributed by atoms with Crippen LogP contribution in [-0.4, -0.2) is 7.05 Å². The van der Waals surface area contributed by atoms with Gasteiger partial charge < -0.3 is 5.32 Å². The number of rotatable bonds is 3. The summed E-state index contributed by atoms with van der Waals surface area (Å²) in [6, 6.07) is 7.73. The molecule has 0 spiro atoms. The van der Waals surface area contributed by atoms with Gasteiger partial charge in [-0.25, -0.2) is 8.78 Å². The standard InChI is InChI=1S/C12H10BrF2NS/c1-16-12(10-4-5-11(13)17-10)7-2-3-8(14)9(15)6-7/h2-6,12,16H,1H3. The molecule has 17 heavy (non-hydrogen) atoms. The molecule has 2 rings (SSSR count). The quantitative estimate of drug-likeness (QED) is 0.898. The van der Waals surface area contributed by atoms with E-state index in [9.17, 15) is 8.78 Å². The SMILES string of the molecule is CNC(c1ccc(F)c(F)c1)c1ccc(Br)s1. The van der Waals surface area contributed by atoms with E-state index in [2.05, 4.69) is 21.2 Å². The van der Waals surface area contributed by atoms with E-state index in [1.165, 1.54) is 6.07 Å². The zero-order chi connectivity index (χ0) is 12.4. The van der Waals surface area contributed by atoms with Crippen molar-refractivity contribution in [1.29, 1.82) is 0 Å². The second-order valence-electron chi connectivity index (χ2n) is 3.54. The van der Waals surface area contributed by atoms with Crippen LogP contribution in [0.3, 0.4) is 0 Å². The van der Waals surface area contributed by atoms with Crippen LogP contribution in [0.15, 0.2) is 34.1 Å². The molecule has 1 atom stereocenters. The van der Waals surface area contributed by atoms with Gasteiger partial charge in [0, 0.05) is 4.88 Å². The lowest BCUT2D eigenvalue weighted by Crippen LogP contribution is -2.16. The normalized spacial score (nSPS) is 12.7. The van der Waals surface area contributed by atoms with Gasteiger partial charge >= 0.3 is 0 Å². The maximum atomic E-state index is 13.2. The number of benzene rings is 1. The van der Waals surface area contributed by atoms with Crippen LogP contribution in [0.2, 0.25) is 0 Å². The van der Waals surface area contributed by atoms with Crippen molar-refractivity contribution in [3.05, 3.63) is 56.2 Å². The molecule has 90 valence electrons. The van der Waals surface area contributed by atoms with Crippen LogP contribution in [0.5, 0.6) is 0 Å². The molecule has 2 aromatic rings. The van der Waals surface area contributed by atoms with Gasteiger partial charge in [-0.15, -0.1) is 11.3 Å². The minimum absolute atomic E-state index is 0.124. The average Bonchev–Trinajstić information content (AvgIpc) is 2.71. The molecular weight excluding hydrogens is 308 g/mol. The first-order valence-electron chi connectivity index (χ1n) is 4.99. The van der Waals surface area contributed by atoms with Gasteiger partial charge in [0.25, 0.3) is 0 Å². The molecule has 0 bridgehead atoms. The highest BCUT2D eigenvalue weighted by atomic mass is 79.9. The summed E-state index contributed by atoms with van der Waals surface area (Å²) in [5, 5.41) is 3.10. The van der Waals surface area contributed by atoms with Gasteiger partial charge in [0.1, 0.15) is 0 Å². The largest absolute Gasteiger partial charge is 0.309 e. The van der Waals surface area contributed by atoms with Crippen molar-refractivity contribution >= 4 is 27.3 Å². The van der Waals surface area contributed by atoms with Crippen LogP contribution in [0, 0.1) is 11.6 Å². The Morgan fingerprint density at radius 2 is 1.94 bits per heavy atom. The van der Waals surface area contributed by atoms with Gasteiger partial charge in [-0.2, -0.15) is 0 Å². The third-order valence-electron chi connectivity index (χ3n) is 2.44. The lowest BCUT2D eigenvalue weighted by molar-refractivity contribution is 0.505. The molecule has 1 aromatic carbocycles. The zero-order valence-electron chi connectivity index (χ0n) is 9.01. The number of hydrogen-bond acceptors (Lipinski definition) is 2. The van der Waals surface area contributed by atoms with E-state index in [4.69, 9.17) is 0 Å². The van der Waals surface area contributed by atoms with Crippen molar-refractivity contribution in [2.45, 2.75) is 6.04 Å². The Morgan fingerprint density at radius 1 is 1.18 bits per heavy atom. The number of halogens is 3. The molecule has 5 heteroatoms. The fraction of sp³-hybridized carbons (Fsp3) is 0.167. The first kappa shape index (κ1) is 12.7. The highest BCUT2D eigenvalue weighted by molar-refractivity contribution is 9.11. The topological polar surface area (TPSA) is 12.0 Å². The highest BCUT2D eigenvalue weighted by Gasteiger charge is 2.15. The monoisotopic (exact) mass is 317 g/mol. The Morgan fingerprint density at radius 3 is 2.47 bits per heavy atom. The molecule has 0 aliphatic carbocycles. The molecule has 0 amide bonds. The van der Waals surface area contributed by atoms with E-state index >= 15 is 0 Å². The molecule has 1 N–H and O–H groups in total. The molecule has 1 unspecified atom stereocenters. The average molecular weight is 318 g/mol. The second-order valence-corrected chi connectivity index (χ2v) is 6.03. The van der Waals surface area contributed by atoms with Crippen molar-refractivity contribution < 1.29 is 8.78 Å². The van der Waals surface area contributed by atoms with Gasteiger partial charge in [-0.1, -0.05) is 6.07 Å². The predicted octanol–water partition coefficient (Wildman–Crippen LogP) is 4.10.